The van der Waals surface area contributed by atoms with Crippen molar-refractivity contribution in [1.29, 1.82) is 0 Å². The van der Waals surface area contributed by atoms with Gasteiger partial charge in [-0.1, -0.05) is 45.8 Å². The van der Waals surface area contributed by atoms with E-state index in [9.17, 15) is 0 Å². The van der Waals surface area contributed by atoms with Crippen molar-refractivity contribution < 1.29 is 4.43 Å². The van der Waals surface area contributed by atoms with E-state index in [1.54, 1.807) is 11.1 Å². The maximum absolute atomic E-state index is 6.81. The van der Waals surface area contributed by atoms with Gasteiger partial charge in [0, 0.05) is 6.10 Å². The van der Waals surface area contributed by atoms with E-state index in [0.29, 0.717) is 16.6 Å². The molecule has 0 bridgehead atoms. The zero-order valence-electron chi connectivity index (χ0n) is 16.3. The minimum atomic E-state index is -1.64. The van der Waals surface area contributed by atoms with Gasteiger partial charge in [-0.3, -0.25) is 0 Å². The molecule has 0 saturated heterocycles. The van der Waals surface area contributed by atoms with Crippen LogP contribution >= 0.6 is 0 Å². The fraction of sp³-hybridized carbons (Fsp3) is 0.900. The number of hydrogen-bond donors (Lipinski definition) is 0. The van der Waals surface area contributed by atoms with Gasteiger partial charge in [0.15, 0.2) is 8.32 Å². The Labute approximate surface area is 140 Å². The minimum absolute atomic E-state index is 0.318. The Bertz CT molecular complexity index is 439. The lowest BCUT2D eigenvalue weighted by atomic mass is 9.86. The summed E-state index contributed by atoms with van der Waals surface area (Å²) in [5, 5.41) is 0.318. The van der Waals surface area contributed by atoms with E-state index in [2.05, 4.69) is 54.6 Å². The number of allylic oxidation sites excluding steroid dienone is 2. The second kappa shape index (κ2) is 6.09. The first-order chi connectivity index (χ1) is 9.91. The molecule has 2 atom stereocenters. The summed E-state index contributed by atoms with van der Waals surface area (Å²) in [6, 6.07) is 0. The second-order valence-corrected chi connectivity index (χ2v) is 14.9. The SMILES string of the molecule is C/C1=C2\CC(C)(C)CC2CC(O[Si](C)(C)C(C)(C)C)CCC1. The molecule has 1 nitrogen and oxygen atoms in total. The molecule has 0 aromatic rings. The van der Waals surface area contributed by atoms with Gasteiger partial charge in [-0.15, -0.1) is 0 Å². The molecular weight excluding hydrogens is 284 g/mol. The van der Waals surface area contributed by atoms with E-state index in [0.717, 1.165) is 5.92 Å². The van der Waals surface area contributed by atoms with Crippen molar-refractivity contribution in [3.8, 4) is 0 Å². The van der Waals surface area contributed by atoms with Crippen LogP contribution in [0.1, 0.15) is 80.1 Å². The predicted molar refractivity (Wildman–Crippen MR) is 99.7 cm³/mol. The Morgan fingerprint density at radius 3 is 2.41 bits per heavy atom. The van der Waals surface area contributed by atoms with Crippen LogP contribution in [-0.2, 0) is 4.43 Å². The zero-order chi connectivity index (χ0) is 16.8. The molecule has 22 heavy (non-hydrogen) atoms. The van der Waals surface area contributed by atoms with Gasteiger partial charge in [-0.25, -0.2) is 0 Å². The Morgan fingerprint density at radius 2 is 1.82 bits per heavy atom. The van der Waals surface area contributed by atoms with Crippen LogP contribution < -0.4 is 0 Å². The van der Waals surface area contributed by atoms with Crippen molar-refractivity contribution in [3.63, 3.8) is 0 Å². The van der Waals surface area contributed by atoms with Crippen LogP contribution in [-0.4, -0.2) is 14.4 Å². The quantitative estimate of drug-likeness (QED) is 0.406. The third kappa shape index (κ3) is 4.06. The highest BCUT2D eigenvalue weighted by Gasteiger charge is 2.42. The fourth-order valence-corrected chi connectivity index (χ4v) is 5.54. The largest absolute Gasteiger partial charge is 0.414 e. The van der Waals surface area contributed by atoms with Crippen LogP contribution in [0.25, 0.3) is 0 Å². The van der Waals surface area contributed by atoms with Gasteiger partial charge in [0.2, 0.25) is 0 Å². The van der Waals surface area contributed by atoms with E-state index < -0.39 is 8.32 Å². The molecule has 2 aliphatic rings. The molecule has 0 heterocycles. The van der Waals surface area contributed by atoms with Gasteiger partial charge < -0.3 is 4.43 Å². The van der Waals surface area contributed by atoms with E-state index >= 15 is 0 Å². The first-order valence-corrected chi connectivity index (χ1v) is 12.2. The molecule has 2 aliphatic carbocycles. The van der Waals surface area contributed by atoms with Crippen LogP contribution in [0.3, 0.4) is 0 Å². The minimum Gasteiger partial charge on any atom is -0.414 e. The summed E-state index contributed by atoms with van der Waals surface area (Å²) in [5.41, 5.74) is 3.97. The van der Waals surface area contributed by atoms with Gasteiger partial charge in [-0.2, -0.15) is 0 Å². The molecule has 0 amide bonds. The van der Waals surface area contributed by atoms with Crippen LogP contribution in [0.2, 0.25) is 18.1 Å². The lowest BCUT2D eigenvalue weighted by molar-refractivity contribution is 0.139. The summed E-state index contributed by atoms with van der Waals surface area (Å²) in [7, 11) is -1.64. The summed E-state index contributed by atoms with van der Waals surface area (Å²) < 4.78 is 6.81. The highest BCUT2D eigenvalue weighted by molar-refractivity contribution is 6.74. The van der Waals surface area contributed by atoms with Gasteiger partial charge >= 0.3 is 0 Å². The van der Waals surface area contributed by atoms with E-state index in [1.807, 2.05) is 0 Å². The van der Waals surface area contributed by atoms with Crippen molar-refractivity contribution >= 4 is 8.32 Å². The Hall–Kier alpha value is -0.0831. The van der Waals surface area contributed by atoms with E-state index in [4.69, 9.17) is 4.43 Å². The van der Waals surface area contributed by atoms with E-state index in [1.165, 1.54) is 38.5 Å². The van der Waals surface area contributed by atoms with Crippen LogP contribution in [0, 0.1) is 11.3 Å². The van der Waals surface area contributed by atoms with Gasteiger partial charge in [-0.05, 0) is 74.9 Å². The summed E-state index contributed by atoms with van der Waals surface area (Å²) in [6.07, 6.45) is 8.29. The highest BCUT2D eigenvalue weighted by Crippen LogP contribution is 2.50. The maximum atomic E-state index is 6.81. The summed E-state index contributed by atoms with van der Waals surface area (Å²) in [4.78, 5) is 0. The first-order valence-electron chi connectivity index (χ1n) is 9.28. The molecule has 2 rings (SSSR count). The lowest BCUT2D eigenvalue weighted by Crippen LogP contribution is -2.44. The van der Waals surface area contributed by atoms with Crippen molar-refractivity contribution in [1.82, 2.24) is 0 Å². The Morgan fingerprint density at radius 1 is 1.18 bits per heavy atom. The molecule has 1 saturated carbocycles. The number of rotatable bonds is 2. The highest BCUT2D eigenvalue weighted by atomic mass is 28.4. The molecule has 0 aromatic heterocycles. The zero-order valence-corrected chi connectivity index (χ0v) is 17.3. The standard InChI is InChI=1S/C20H38OSi/c1-15-10-9-11-17(21-22(7,8)19(2,3)4)12-16-13-20(5,6)14-18(15)16/h16-17H,9-14H2,1-8H3/b18-15-. The van der Waals surface area contributed by atoms with Crippen LogP contribution in [0.4, 0.5) is 0 Å². The molecule has 1 fully saturated rings. The summed E-state index contributed by atoms with van der Waals surface area (Å²) in [6.45, 7) is 19.2. The molecule has 128 valence electrons. The van der Waals surface area contributed by atoms with Crippen LogP contribution in [0.15, 0.2) is 11.1 Å². The van der Waals surface area contributed by atoms with Crippen LogP contribution in [0.5, 0.6) is 0 Å². The van der Waals surface area contributed by atoms with Crippen molar-refractivity contribution in [3.05, 3.63) is 11.1 Å². The van der Waals surface area contributed by atoms with Crippen molar-refractivity contribution in [2.24, 2.45) is 11.3 Å². The predicted octanol–water partition coefficient (Wildman–Crippen LogP) is 6.70. The molecular formula is C20H38OSi. The monoisotopic (exact) mass is 322 g/mol. The van der Waals surface area contributed by atoms with E-state index in [-0.39, 0.29) is 0 Å². The fourth-order valence-electron chi connectivity index (χ4n) is 4.14. The molecule has 2 unspecified atom stereocenters. The average molecular weight is 323 g/mol. The second-order valence-electron chi connectivity index (χ2n) is 10.2. The average Bonchev–Trinajstić information content (AvgIpc) is 2.60. The summed E-state index contributed by atoms with van der Waals surface area (Å²) >= 11 is 0. The number of fused-ring (bicyclic) bond motifs is 1. The summed E-state index contributed by atoms with van der Waals surface area (Å²) in [5.74, 6) is 0.782. The molecule has 0 aliphatic heterocycles. The topological polar surface area (TPSA) is 9.23 Å². The molecule has 0 aromatic carbocycles. The smallest absolute Gasteiger partial charge is 0.192 e. The molecule has 0 N–H and O–H groups in total. The number of hydrogen-bond acceptors (Lipinski definition) is 1. The normalized spacial score (nSPS) is 33.3. The molecule has 2 heteroatoms. The van der Waals surface area contributed by atoms with Crippen molar-refractivity contribution in [2.75, 3.05) is 0 Å². The Balaban J connectivity index is 2.15. The van der Waals surface area contributed by atoms with Crippen molar-refractivity contribution in [2.45, 2.75) is 104 Å². The first kappa shape index (κ1) is 18.3. The molecule has 0 spiro atoms. The third-order valence-corrected chi connectivity index (χ3v) is 10.9. The Kier molecular flexibility index (Phi) is 5.05. The molecule has 0 radical (unpaired) electrons. The van der Waals surface area contributed by atoms with Gasteiger partial charge in [0.1, 0.15) is 0 Å². The van der Waals surface area contributed by atoms with Gasteiger partial charge in [0.05, 0.1) is 0 Å². The maximum Gasteiger partial charge on any atom is 0.192 e. The van der Waals surface area contributed by atoms with Gasteiger partial charge in [0.25, 0.3) is 0 Å². The lowest BCUT2D eigenvalue weighted by Gasteiger charge is -2.40. The third-order valence-electron chi connectivity index (χ3n) is 6.40.